The summed E-state index contributed by atoms with van der Waals surface area (Å²) in [7, 11) is -3.41. The summed E-state index contributed by atoms with van der Waals surface area (Å²) in [6.45, 7) is 2.85. The molecule has 2 N–H and O–H groups in total. The highest BCUT2D eigenvalue weighted by Gasteiger charge is 2.38. The number of carbonyl (C=O) groups excluding carboxylic acids is 1. The minimum Gasteiger partial charge on any atom is -0.475 e. The summed E-state index contributed by atoms with van der Waals surface area (Å²) in [6.07, 6.45) is -3.52. The molecule has 2 aromatic carbocycles. The van der Waals surface area contributed by atoms with E-state index in [2.05, 4.69) is 17.4 Å². The first kappa shape index (κ1) is 30.6. The average molecular weight is 564 g/mol. The van der Waals surface area contributed by atoms with Gasteiger partial charge in [-0.25, -0.2) is 13.2 Å². The van der Waals surface area contributed by atoms with Crippen LogP contribution in [0.25, 0.3) is 0 Å². The summed E-state index contributed by atoms with van der Waals surface area (Å²) < 4.78 is 58.7. The fourth-order valence-electron chi connectivity index (χ4n) is 3.52. The fourth-order valence-corrected chi connectivity index (χ4v) is 5.18. The van der Waals surface area contributed by atoms with Crippen molar-refractivity contribution in [2.45, 2.75) is 19.0 Å². The lowest BCUT2D eigenvalue weighted by atomic mass is 10.1. The van der Waals surface area contributed by atoms with Crippen LogP contribution in [0, 0.1) is 0 Å². The lowest BCUT2D eigenvalue weighted by molar-refractivity contribution is -0.192. The van der Waals surface area contributed by atoms with E-state index in [9.17, 15) is 26.4 Å². The molecule has 0 aliphatic carbocycles. The van der Waals surface area contributed by atoms with Gasteiger partial charge in [0.2, 0.25) is 10.0 Å². The van der Waals surface area contributed by atoms with Gasteiger partial charge in [0, 0.05) is 39.3 Å². The maximum absolute atomic E-state index is 13.1. The average Bonchev–Trinajstić information content (AvgIpc) is 2.87. The summed E-state index contributed by atoms with van der Waals surface area (Å²) in [5.41, 5.74) is 1.59. The quantitative estimate of drug-likeness (QED) is 0.485. The van der Waals surface area contributed by atoms with Crippen molar-refractivity contribution in [2.75, 3.05) is 45.0 Å². The van der Waals surface area contributed by atoms with E-state index in [-0.39, 0.29) is 18.2 Å². The largest absolute Gasteiger partial charge is 0.490 e. The number of hydrogen-bond donors (Lipinski definition) is 2. The number of sulfonamides is 1. The molecule has 3 rings (SSSR count). The van der Waals surface area contributed by atoms with E-state index in [4.69, 9.17) is 21.5 Å². The summed E-state index contributed by atoms with van der Waals surface area (Å²) in [5.74, 6) is -3.08. The van der Waals surface area contributed by atoms with E-state index in [1.54, 1.807) is 29.2 Å². The second-order valence-corrected chi connectivity index (χ2v) is 10.6. The van der Waals surface area contributed by atoms with Crippen LogP contribution >= 0.6 is 11.6 Å². The van der Waals surface area contributed by atoms with Crippen LogP contribution in [-0.4, -0.2) is 85.8 Å². The Balaban J connectivity index is 0.000000604. The van der Waals surface area contributed by atoms with Crippen molar-refractivity contribution in [3.05, 3.63) is 70.7 Å². The number of benzene rings is 2. The molecule has 0 atom stereocenters. The molecule has 0 radical (unpaired) electrons. The molecule has 1 aliphatic heterocycles. The number of alkyl halides is 3. The van der Waals surface area contributed by atoms with E-state index in [0.29, 0.717) is 43.3 Å². The molecule has 1 saturated heterocycles. The molecule has 1 heterocycles. The number of aryl methyl sites for hydroxylation is 1. The molecule has 0 bridgehead atoms. The first-order chi connectivity index (χ1) is 17.4. The van der Waals surface area contributed by atoms with Crippen molar-refractivity contribution < 1.29 is 36.3 Å². The molecule has 0 aromatic heterocycles. The number of nitrogens with one attached hydrogen (secondary N) is 1. The third-order valence-electron chi connectivity index (χ3n) is 5.46. The summed E-state index contributed by atoms with van der Waals surface area (Å²) in [6, 6.07) is 16.9. The van der Waals surface area contributed by atoms with Gasteiger partial charge in [0.05, 0.1) is 16.3 Å². The van der Waals surface area contributed by atoms with Crippen LogP contribution in [0.2, 0.25) is 5.02 Å². The SMILES string of the molecule is O=C(O)C(F)(F)F.O=C(c1ccccc1Cl)N(CCCc1ccccc1)CCS(=O)(=O)N1CCNCC1. The van der Waals surface area contributed by atoms with Crippen LogP contribution in [0.3, 0.4) is 0 Å². The Bertz CT molecular complexity index is 1130. The van der Waals surface area contributed by atoms with E-state index in [1.807, 2.05) is 18.2 Å². The number of amides is 1. The van der Waals surface area contributed by atoms with Crippen LogP contribution in [0.1, 0.15) is 22.3 Å². The zero-order valence-electron chi connectivity index (χ0n) is 20.0. The number of nitrogens with zero attached hydrogens (tertiary/aromatic N) is 2. The molecule has 1 aliphatic rings. The second-order valence-electron chi connectivity index (χ2n) is 8.13. The van der Waals surface area contributed by atoms with E-state index >= 15 is 0 Å². The standard InChI is InChI=1S/C22H28ClN3O3S.C2HF3O2/c23-21-11-5-4-10-20(21)22(27)25(14-6-9-19-7-2-1-3-8-19)17-18-30(28,29)26-15-12-24-13-16-26;3-2(4,5)1(6)7/h1-5,7-8,10-11,24H,6,9,12-18H2;(H,6,7). The van der Waals surface area contributed by atoms with Gasteiger partial charge in [-0.3, -0.25) is 4.79 Å². The minimum atomic E-state index is -5.08. The number of hydrogen-bond acceptors (Lipinski definition) is 5. The lowest BCUT2D eigenvalue weighted by Crippen LogP contribution is -2.48. The van der Waals surface area contributed by atoms with Crippen molar-refractivity contribution in [1.29, 1.82) is 0 Å². The third-order valence-corrected chi connectivity index (χ3v) is 7.64. The first-order valence-corrected chi connectivity index (χ1v) is 13.5. The number of carbonyl (C=O) groups is 2. The normalized spacial score (nSPS) is 14.4. The topological polar surface area (TPSA) is 107 Å². The Morgan fingerprint density at radius 3 is 2.14 bits per heavy atom. The van der Waals surface area contributed by atoms with E-state index < -0.39 is 22.2 Å². The van der Waals surface area contributed by atoms with Crippen molar-refractivity contribution in [1.82, 2.24) is 14.5 Å². The van der Waals surface area contributed by atoms with Crippen LogP contribution in [0.4, 0.5) is 13.2 Å². The highest BCUT2D eigenvalue weighted by molar-refractivity contribution is 7.89. The Morgan fingerprint density at radius 1 is 1.00 bits per heavy atom. The van der Waals surface area contributed by atoms with Crippen molar-refractivity contribution in [2.24, 2.45) is 0 Å². The summed E-state index contributed by atoms with van der Waals surface area (Å²) >= 11 is 6.22. The second kappa shape index (κ2) is 14.3. The van der Waals surface area contributed by atoms with Crippen LogP contribution in [0.15, 0.2) is 54.6 Å². The van der Waals surface area contributed by atoms with Gasteiger partial charge in [0.15, 0.2) is 0 Å². The number of carboxylic acids is 1. The minimum absolute atomic E-state index is 0.0888. The molecule has 2 aromatic rings. The Kier molecular flexibility index (Phi) is 11.8. The zero-order chi connectivity index (χ0) is 27.5. The molecular formula is C24H29ClF3N3O5S. The molecule has 204 valence electrons. The molecule has 13 heteroatoms. The first-order valence-electron chi connectivity index (χ1n) is 11.5. The fraction of sp³-hybridized carbons (Fsp3) is 0.417. The third kappa shape index (κ3) is 10.3. The number of carboxylic acid groups (broad SMARTS) is 1. The molecule has 37 heavy (non-hydrogen) atoms. The van der Waals surface area contributed by atoms with E-state index in [1.165, 1.54) is 9.87 Å². The van der Waals surface area contributed by atoms with Crippen LogP contribution < -0.4 is 5.32 Å². The molecule has 0 spiro atoms. The predicted molar refractivity (Wildman–Crippen MR) is 134 cm³/mol. The van der Waals surface area contributed by atoms with Gasteiger partial charge < -0.3 is 15.3 Å². The van der Waals surface area contributed by atoms with Gasteiger partial charge in [-0.15, -0.1) is 0 Å². The van der Waals surface area contributed by atoms with Gasteiger partial charge in [0.25, 0.3) is 5.91 Å². The molecule has 0 saturated carbocycles. The Hall–Kier alpha value is -2.67. The van der Waals surface area contributed by atoms with Crippen LogP contribution in [0.5, 0.6) is 0 Å². The maximum atomic E-state index is 13.1. The van der Waals surface area contributed by atoms with Gasteiger partial charge in [-0.2, -0.15) is 17.5 Å². The lowest BCUT2D eigenvalue weighted by Gasteiger charge is -2.28. The van der Waals surface area contributed by atoms with Crippen LogP contribution in [-0.2, 0) is 21.2 Å². The molecule has 1 fully saturated rings. The molecular weight excluding hydrogens is 535 g/mol. The summed E-state index contributed by atoms with van der Waals surface area (Å²) in [4.78, 5) is 23.6. The number of piperazine rings is 1. The smallest absolute Gasteiger partial charge is 0.475 e. The number of aliphatic carboxylic acids is 1. The zero-order valence-corrected chi connectivity index (χ0v) is 21.5. The van der Waals surface area contributed by atoms with Crippen molar-refractivity contribution in [3.63, 3.8) is 0 Å². The van der Waals surface area contributed by atoms with Gasteiger partial charge >= 0.3 is 12.1 Å². The van der Waals surface area contributed by atoms with Gasteiger partial charge in [-0.05, 0) is 30.5 Å². The van der Waals surface area contributed by atoms with E-state index in [0.717, 1.165) is 12.8 Å². The molecule has 1 amide bonds. The summed E-state index contributed by atoms with van der Waals surface area (Å²) in [5, 5.41) is 10.7. The molecule has 8 nitrogen and oxygen atoms in total. The van der Waals surface area contributed by atoms with Crippen molar-refractivity contribution in [3.8, 4) is 0 Å². The predicted octanol–water partition coefficient (Wildman–Crippen LogP) is 3.28. The Morgan fingerprint density at radius 2 is 1.57 bits per heavy atom. The number of rotatable bonds is 9. The number of halogens is 4. The monoisotopic (exact) mass is 563 g/mol. The van der Waals surface area contributed by atoms with Gasteiger partial charge in [-0.1, -0.05) is 54.1 Å². The Labute approximate surface area is 219 Å². The molecule has 0 unspecified atom stereocenters. The van der Waals surface area contributed by atoms with Crippen molar-refractivity contribution >= 4 is 33.5 Å². The van der Waals surface area contributed by atoms with Gasteiger partial charge in [0.1, 0.15) is 0 Å². The highest BCUT2D eigenvalue weighted by atomic mass is 35.5. The highest BCUT2D eigenvalue weighted by Crippen LogP contribution is 2.18. The maximum Gasteiger partial charge on any atom is 0.490 e.